The van der Waals surface area contributed by atoms with Crippen molar-refractivity contribution in [2.45, 2.75) is 18.9 Å². The average Bonchev–Trinajstić information content (AvgIpc) is 3.10. The van der Waals surface area contributed by atoms with E-state index in [1.807, 2.05) is 6.07 Å². The van der Waals surface area contributed by atoms with Crippen molar-refractivity contribution in [1.82, 2.24) is 16.0 Å². The van der Waals surface area contributed by atoms with Crippen molar-refractivity contribution in [3.8, 4) is 5.75 Å². The smallest absolute Gasteiger partial charge is 0.251 e. The molecule has 0 unspecified atom stereocenters. The summed E-state index contributed by atoms with van der Waals surface area (Å²) >= 11 is 0. The third kappa shape index (κ3) is 5.32. The number of guanidine groups is 1. The van der Waals surface area contributed by atoms with E-state index in [0.717, 1.165) is 18.8 Å². The van der Waals surface area contributed by atoms with Gasteiger partial charge in [0.05, 0.1) is 7.11 Å². The van der Waals surface area contributed by atoms with Gasteiger partial charge < -0.3 is 20.7 Å². The Labute approximate surface area is 137 Å². The summed E-state index contributed by atoms with van der Waals surface area (Å²) in [6.07, 6.45) is 6.37. The van der Waals surface area contributed by atoms with Gasteiger partial charge in [-0.25, -0.2) is 0 Å². The van der Waals surface area contributed by atoms with E-state index in [2.05, 4.69) is 33.1 Å². The van der Waals surface area contributed by atoms with E-state index < -0.39 is 0 Å². The molecule has 3 N–H and O–H groups in total. The monoisotopic (exact) mass is 316 g/mol. The first-order chi connectivity index (χ1) is 11.2. The van der Waals surface area contributed by atoms with Crippen LogP contribution in [0.2, 0.25) is 0 Å². The van der Waals surface area contributed by atoms with Crippen LogP contribution < -0.4 is 20.7 Å². The van der Waals surface area contributed by atoms with E-state index in [1.54, 1.807) is 32.4 Å². The number of nitrogens with zero attached hydrogens (tertiary/aromatic N) is 1. The van der Waals surface area contributed by atoms with Crippen LogP contribution in [0.4, 0.5) is 0 Å². The molecule has 1 amide bonds. The Bertz CT molecular complexity index is 576. The fourth-order valence-electron chi connectivity index (χ4n) is 2.35. The van der Waals surface area contributed by atoms with Gasteiger partial charge in [-0.05, 0) is 31.0 Å². The summed E-state index contributed by atoms with van der Waals surface area (Å²) in [5.41, 5.74) is 0.587. The van der Waals surface area contributed by atoms with E-state index in [-0.39, 0.29) is 5.91 Å². The van der Waals surface area contributed by atoms with Crippen LogP contribution in [0.15, 0.2) is 41.4 Å². The number of ether oxygens (including phenoxy) is 1. The molecule has 2 rings (SSSR count). The number of hydrogen-bond donors (Lipinski definition) is 3. The maximum atomic E-state index is 12.1. The van der Waals surface area contributed by atoms with Gasteiger partial charge >= 0.3 is 0 Å². The zero-order chi connectivity index (χ0) is 16.5. The highest BCUT2D eigenvalue weighted by Gasteiger charge is 2.11. The van der Waals surface area contributed by atoms with Gasteiger partial charge in [0.25, 0.3) is 5.91 Å². The average molecular weight is 316 g/mol. The lowest BCUT2D eigenvalue weighted by Crippen LogP contribution is -2.45. The summed E-state index contributed by atoms with van der Waals surface area (Å²) in [5.74, 6) is 1.31. The number of rotatable bonds is 6. The second kappa shape index (κ2) is 8.82. The highest BCUT2D eigenvalue weighted by Crippen LogP contribution is 2.12. The largest absolute Gasteiger partial charge is 0.497 e. The molecular formula is C17H24N4O2. The second-order valence-electron chi connectivity index (χ2n) is 5.27. The fraction of sp³-hybridized carbons (Fsp3) is 0.412. The Balaban J connectivity index is 1.70. The quantitative estimate of drug-likeness (QED) is 0.320. The van der Waals surface area contributed by atoms with E-state index in [9.17, 15) is 4.79 Å². The summed E-state index contributed by atoms with van der Waals surface area (Å²) in [4.78, 5) is 16.2. The zero-order valence-corrected chi connectivity index (χ0v) is 13.6. The lowest BCUT2D eigenvalue weighted by Gasteiger charge is -2.17. The molecule has 0 aromatic heterocycles. The number of aliphatic imine (C=N–C) groups is 1. The topological polar surface area (TPSA) is 74.8 Å². The Morgan fingerprint density at radius 2 is 2.00 bits per heavy atom. The molecule has 1 aliphatic rings. The Morgan fingerprint density at radius 1 is 1.26 bits per heavy atom. The van der Waals surface area contributed by atoms with Crippen molar-refractivity contribution in [1.29, 1.82) is 0 Å². The molecule has 0 bridgehead atoms. The predicted molar refractivity (Wildman–Crippen MR) is 92.0 cm³/mol. The van der Waals surface area contributed by atoms with Crippen LogP contribution in [0.3, 0.4) is 0 Å². The van der Waals surface area contributed by atoms with Crippen molar-refractivity contribution in [2.75, 3.05) is 27.2 Å². The maximum Gasteiger partial charge on any atom is 0.251 e. The number of nitrogens with one attached hydrogen (secondary N) is 3. The van der Waals surface area contributed by atoms with Crippen LogP contribution in [0.25, 0.3) is 0 Å². The molecule has 0 atom stereocenters. The van der Waals surface area contributed by atoms with Crippen LogP contribution in [-0.2, 0) is 0 Å². The first-order valence-electron chi connectivity index (χ1n) is 7.77. The molecule has 124 valence electrons. The van der Waals surface area contributed by atoms with Crippen LogP contribution >= 0.6 is 0 Å². The third-order valence-corrected chi connectivity index (χ3v) is 3.61. The van der Waals surface area contributed by atoms with Crippen LogP contribution in [0, 0.1) is 0 Å². The van der Waals surface area contributed by atoms with Crippen molar-refractivity contribution in [2.24, 2.45) is 4.99 Å². The summed E-state index contributed by atoms with van der Waals surface area (Å²) < 4.78 is 5.12. The fourth-order valence-corrected chi connectivity index (χ4v) is 2.35. The molecule has 0 saturated carbocycles. The molecular weight excluding hydrogens is 292 g/mol. The molecule has 0 heterocycles. The van der Waals surface area contributed by atoms with Gasteiger partial charge in [0.15, 0.2) is 5.96 Å². The normalized spacial score (nSPS) is 14.6. The second-order valence-corrected chi connectivity index (χ2v) is 5.27. The van der Waals surface area contributed by atoms with Crippen molar-refractivity contribution in [3.05, 3.63) is 42.0 Å². The van der Waals surface area contributed by atoms with Crippen LogP contribution in [-0.4, -0.2) is 45.2 Å². The first-order valence-corrected chi connectivity index (χ1v) is 7.77. The number of methoxy groups -OCH3 is 1. The lowest BCUT2D eigenvalue weighted by molar-refractivity contribution is 0.0954. The summed E-state index contributed by atoms with van der Waals surface area (Å²) in [6, 6.07) is 7.50. The van der Waals surface area contributed by atoms with Crippen molar-refractivity contribution in [3.63, 3.8) is 0 Å². The Hall–Kier alpha value is -2.50. The van der Waals surface area contributed by atoms with Gasteiger partial charge in [-0.3, -0.25) is 9.79 Å². The maximum absolute atomic E-state index is 12.1. The molecule has 0 aliphatic heterocycles. The molecule has 6 heteroatoms. The zero-order valence-electron chi connectivity index (χ0n) is 13.6. The molecule has 0 radical (unpaired) electrons. The van der Waals surface area contributed by atoms with Gasteiger partial charge in [-0.1, -0.05) is 18.2 Å². The third-order valence-electron chi connectivity index (χ3n) is 3.61. The lowest BCUT2D eigenvalue weighted by atomic mass is 10.2. The SMILES string of the molecule is CN=C(NCCNC(=O)c1cccc(OC)c1)NC1CC=CC1. The summed E-state index contributed by atoms with van der Waals surface area (Å²) in [5, 5.41) is 9.42. The molecule has 23 heavy (non-hydrogen) atoms. The number of hydrogen-bond acceptors (Lipinski definition) is 3. The van der Waals surface area contributed by atoms with Crippen LogP contribution in [0.5, 0.6) is 5.75 Å². The van der Waals surface area contributed by atoms with Gasteiger partial charge in [0, 0.05) is 31.7 Å². The number of carbonyl (C=O) groups is 1. The number of benzene rings is 1. The molecule has 0 spiro atoms. The summed E-state index contributed by atoms with van der Waals surface area (Å²) in [7, 11) is 3.33. The first kappa shape index (κ1) is 16.9. The van der Waals surface area contributed by atoms with E-state index in [4.69, 9.17) is 4.74 Å². The Kier molecular flexibility index (Phi) is 6.47. The van der Waals surface area contributed by atoms with E-state index in [1.165, 1.54) is 0 Å². The molecule has 1 aliphatic carbocycles. The van der Waals surface area contributed by atoms with Gasteiger partial charge in [-0.15, -0.1) is 0 Å². The molecule has 0 saturated heterocycles. The molecule has 1 aromatic carbocycles. The highest BCUT2D eigenvalue weighted by atomic mass is 16.5. The molecule has 1 aromatic rings. The molecule has 0 fully saturated rings. The van der Waals surface area contributed by atoms with Gasteiger partial charge in [-0.2, -0.15) is 0 Å². The van der Waals surface area contributed by atoms with Gasteiger partial charge in [0.1, 0.15) is 5.75 Å². The summed E-state index contributed by atoms with van der Waals surface area (Å²) in [6.45, 7) is 1.12. The van der Waals surface area contributed by atoms with Crippen molar-refractivity contribution < 1.29 is 9.53 Å². The minimum absolute atomic E-state index is 0.117. The number of carbonyl (C=O) groups excluding carboxylic acids is 1. The standard InChI is InChI=1S/C17H24N4O2/c1-18-17(21-14-7-3-4-8-14)20-11-10-19-16(22)13-6-5-9-15(12-13)23-2/h3-6,9,12,14H,7-8,10-11H2,1-2H3,(H,19,22)(H2,18,20,21). The van der Waals surface area contributed by atoms with E-state index in [0.29, 0.717) is 30.4 Å². The minimum atomic E-state index is -0.117. The minimum Gasteiger partial charge on any atom is -0.497 e. The number of amides is 1. The predicted octanol–water partition coefficient (Wildman–Crippen LogP) is 1.31. The van der Waals surface area contributed by atoms with Gasteiger partial charge in [0.2, 0.25) is 0 Å². The van der Waals surface area contributed by atoms with E-state index >= 15 is 0 Å². The highest BCUT2D eigenvalue weighted by molar-refractivity contribution is 5.94. The van der Waals surface area contributed by atoms with Crippen LogP contribution in [0.1, 0.15) is 23.2 Å². The Morgan fingerprint density at radius 3 is 2.70 bits per heavy atom. The van der Waals surface area contributed by atoms with Crippen molar-refractivity contribution >= 4 is 11.9 Å². The molecule has 6 nitrogen and oxygen atoms in total.